The summed E-state index contributed by atoms with van der Waals surface area (Å²) in [5.74, 6) is 0.793. The van der Waals surface area contributed by atoms with Crippen LogP contribution in [0.4, 0.5) is 5.95 Å². The lowest BCUT2D eigenvalue weighted by atomic mass is 9.78. The average Bonchev–Trinajstić information content (AvgIpc) is 3.21. The molecule has 2 N–H and O–H groups in total. The predicted molar refractivity (Wildman–Crippen MR) is 96.4 cm³/mol. The number of aromatic amines is 1. The van der Waals surface area contributed by atoms with Gasteiger partial charge in [0.2, 0.25) is 5.95 Å². The summed E-state index contributed by atoms with van der Waals surface area (Å²) in [6.45, 7) is 3.78. The second-order valence-corrected chi connectivity index (χ2v) is 7.84. The molecule has 1 saturated heterocycles. The maximum absolute atomic E-state index is 12.1. The second kappa shape index (κ2) is 6.59. The fourth-order valence-electron chi connectivity index (χ4n) is 3.46. The number of thiazole rings is 1. The molecule has 0 atom stereocenters. The van der Waals surface area contributed by atoms with Gasteiger partial charge in [-0.05, 0) is 32.6 Å². The van der Waals surface area contributed by atoms with Crippen LogP contribution in [-0.4, -0.2) is 40.0 Å². The molecule has 7 nitrogen and oxygen atoms in total. The van der Waals surface area contributed by atoms with Gasteiger partial charge in [-0.25, -0.2) is 9.97 Å². The quantitative estimate of drug-likeness (QED) is 0.869. The number of hydrogen-bond acceptors (Lipinski definition) is 6. The highest BCUT2D eigenvalue weighted by Gasteiger charge is 2.33. The molecule has 1 amide bonds. The van der Waals surface area contributed by atoms with Gasteiger partial charge in [-0.2, -0.15) is 0 Å². The highest BCUT2D eigenvalue weighted by Crippen LogP contribution is 2.36. The normalized spacial score (nSPS) is 22.7. The van der Waals surface area contributed by atoms with E-state index < -0.39 is 0 Å². The summed E-state index contributed by atoms with van der Waals surface area (Å²) < 4.78 is 0. The van der Waals surface area contributed by atoms with Gasteiger partial charge < -0.3 is 10.2 Å². The fraction of sp³-hybridized carbons (Fsp3) is 0.529. The Bertz CT molecular complexity index is 834. The summed E-state index contributed by atoms with van der Waals surface area (Å²) in [5.41, 5.74) is 1.22. The Labute approximate surface area is 149 Å². The van der Waals surface area contributed by atoms with Gasteiger partial charge in [0.25, 0.3) is 11.5 Å². The van der Waals surface area contributed by atoms with Crippen molar-refractivity contribution in [1.29, 1.82) is 0 Å². The van der Waals surface area contributed by atoms with E-state index in [1.54, 1.807) is 11.4 Å². The van der Waals surface area contributed by atoms with Crippen LogP contribution < -0.4 is 15.8 Å². The second-order valence-electron chi connectivity index (χ2n) is 6.78. The Morgan fingerprint density at radius 3 is 2.76 bits per heavy atom. The van der Waals surface area contributed by atoms with E-state index in [1.165, 1.54) is 11.3 Å². The first-order valence-corrected chi connectivity index (χ1v) is 9.55. The van der Waals surface area contributed by atoms with Crippen LogP contribution in [0.1, 0.15) is 52.8 Å². The first kappa shape index (κ1) is 16.3. The van der Waals surface area contributed by atoms with Crippen LogP contribution in [0.2, 0.25) is 0 Å². The highest BCUT2D eigenvalue weighted by molar-refractivity contribution is 7.09. The number of rotatable bonds is 4. The molecule has 1 aliphatic carbocycles. The molecule has 2 fully saturated rings. The molecule has 0 spiro atoms. The van der Waals surface area contributed by atoms with E-state index in [2.05, 4.69) is 25.2 Å². The highest BCUT2D eigenvalue weighted by atomic mass is 32.1. The van der Waals surface area contributed by atoms with Crippen LogP contribution in [0.3, 0.4) is 0 Å². The van der Waals surface area contributed by atoms with Crippen molar-refractivity contribution >= 4 is 23.2 Å². The van der Waals surface area contributed by atoms with Gasteiger partial charge in [0.1, 0.15) is 5.69 Å². The van der Waals surface area contributed by atoms with Gasteiger partial charge in [-0.3, -0.25) is 14.6 Å². The zero-order valence-corrected chi connectivity index (χ0v) is 14.9. The monoisotopic (exact) mass is 359 g/mol. The molecule has 0 aromatic carbocycles. The van der Waals surface area contributed by atoms with Crippen molar-refractivity contribution in [2.75, 3.05) is 18.0 Å². The van der Waals surface area contributed by atoms with Gasteiger partial charge in [-0.1, -0.05) is 0 Å². The molecule has 4 rings (SSSR count). The van der Waals surface area contributed by atoms with Crippen molar-refractivity contribution < 1.29 is 4.79 Å². The van der Waals surface area contributed by atoms with E-state index >= 15 is 0 Å². The number of hydrogen-bond donors (Lipinski definition) is 2. The molecule has 8 heteroatoms. The molecule has 1 saturated carbocycles. The minimum Gasteiger partial charge on any atom is -0.348 e. The van der Waals surface area contributed by atoms with E-state index in [9.17, 15) is 9.59 Å². The van der Waals surface area contributed by atoms with E-state index in [4.69, 9.17) is 0 Å². The lowest BCUT2D eigenvalue weighted by Gasteiger charge is -2.35. The standard InChI is InChI=1S/C17H21N5O2S/c1-10-18-14(9-25-10)16(24)19-12-6-11(7-12)13-8-15(23)21-17(20-13)22-4-2-3-5-22/h8-9,11-12H,2-7H2,1H3,(H,19,24)(H,20,21,23). The molecule has 2 aromatic heterocycles. The Balaban J connectivity index is 1.38. The molecule has 2 aliphatic rings. The molecule has 2 aromatic rings. The average molecular weight is 359 g/mol. The summed E-state index contributed by atoms with van der Waals surface area (Å²) in [7, 11) is 0. The first-order valence-electron chi connectivity index (χ1n) is 8.67. The summed E-state index contributed by atoms with van der Waals surface area (Å²) in [6, 6.07) is 1.71. The maximum atomic E-state index is 12.1. The van der Waals surface area contributed by atoms with Crippen molar-refractivity contribution in [3.8, 4) is 0 Å². The Kier molecular flexibility index (Phi) is 4.29. The largest absolute Gasteiger partial charge is 0.348 e. The van der Waals surface area contributed by atoms with Crippen LogP contribution in [-0.2, 0) is 0 Å². The number of nitrogens with one attached hydrogen (secondary N) is 2. The molecule has 1 aliphatic heterocycles. The summed E-state index contributed by atoms with van der Waals surface area (Å²) >= 11 is 1.47. The van der Waals surface area contributed by atoms with Crippen LogP contribution in [0.25, 0.3) is 0 Å². The smallest absolute Gasteiger partial charge is 0.270 e. The minimum absolute atomic E-state index is 0.0997. The van der Waals surface area contributed by atoms with E-state index in [0.717, 1.165) is 49.5 Å². The van der Waals surface area contributed by atoms with E-state index in [-0.39, 0.29) is 23.4 Å². The zero-order chi connectivity index (χ0) is 17.4. The van der Waals surface area contributed by atoms with Crippen molar-refractivity contribution in [2.45, 2.75) is 44.6 Å². The topological polar surface area (TPSA) is 91.0 Å². The molecule has 25 heavy (non-hydrogen) atoms. The molecule has 0 radical (unpaired) electrons. The lowest BCUT2D eigenvalue weighted by molar-refractivity contribution is 0.0903. The summed E-state index contributed by atoms with van der Waals surface area (Å²) in [6.07, 6.45) is 3.90. The lowest BCUT2D eigenvalue weighted by Crippen LogP contribution is -2.44. The van der Waals surface area contributed by atoms with Crippen molar-refractivity contribution in [1.82, 2.24) is 20.3 Å². The number of aromatic nitrogens is 3. The SMILES string of the molecule is Cc1nc(C(=O)NC2CC(c3cc(=O)[nH]c(N4CCCC4)n3)C2)cs1. The van der Waals surface area contributed by atoms with Crippen LogP contribution in [0.15, 0.2) is 16.2 Å². The summed E-state index contributed by atoms with van der Waals surface area (Å²) in [5, 5.41) is 5.68. The maximum Gasteiger partial charge on any atom is 0.270 e. The number of aryl methyl sites for hydroxylation is 1. The van der Waals surface area contributed by atoms with Gasteiger partial charge in [0, 0.05) is 36.5 Å². The molecular formula is C17H21N5O2S. The number of H-pyrrole nitrogens is 1. The Morgan fingerprint density at radius 1 is 1.32 bits per heavy atom. The van der Waals surface area contributed by atoms with Crippen LogP contribution in [0, 0.1) is 6.92 Å². The van der Waals surface area contributed by atoms with Crippen molar-refractivity contribution in [2.24, 2.45) is 0 Å². The van der Waals surface area contributed by atoms with E-state index in [0.29, 0.717) is 11.6 Å². The Morgan fingerprint density at radius 2 is 2.08 bits per heavy atom. The third kappa shape index (κ3) is 3.44. The molecule has 0 unspecified atom stereocenters. The zero-order valence-electron chi connectivity index (χ0n) is 14.1. The number of carbonyl (C=O) groups is 1. The number of amides is 1. The van der Waals surface area contributed by atoms with Crippen molar-refractivity contribution in [3.05, 3.63) is 38.2 Å². The van der Waals surface area contributed by atoms with Crippen LogP contribution in [0.5, 0.6) is 0 Å². The Hall–Kier alpha value is -2.22. The van der Waals surface area contributed by atoms with Gasteiger partial charge >= 0.3 is 0 Å². The van der Waals surface area contributed by atoms with Crippen molar-refractivity contribution in [3.63, 3.8) is 0 Å². The molecule has 3 heterocycles. The number of anilines is 1. The first-order chi connectivity index (χ1) is 12.1. The molecule has 0 bridgehead atoms. The van der Waals surface area contributed by atoms with Gasteiger partial charge in [-0.15, -0.1) is 11.3 Å². The molecular weight excluding hydrogens is 338 g/mol. The minimum atomic E-state index is -0.121. The van der Waals surface area contributed by atoms with Crippen LogP contribution >= 0.6 is 11.3 Å². The predicted octanol–water partition coefficient (Wildman–Crippen LogP) is 1.81. The third-order valence-corrected chi connectivity index (χ3v) is 5.67. The number of carbonyl (C=O) groups excluding carboxylic acids is 1. The van der Waals surface area contributed by atoms with Gasteiger partial charge in [0.05, 0.1) is 10.7 Å². The van der Waals surface area contributed by atoms with E-state index in [1.807, 2.05) is 6.92 Å². The number of nitrogens with zero attached hydrogens (tertiary/aromatic N) is 3. The molecule has 132 valence electrons. The fourth-order valence-corrected chi connectivity index (χ4v) is 4.05. The van der Waals surface area contributed by atoms with Gasteiger partial charge in [0.15, 0.2) is 0 Å². The summed E-state index contributed by atoms with van der Waals surface area (Å²) in [4.78, 5) is 37.9. The third-order valence-electron chi connectivity index (χ3n) is 4.90.